The van der Waals surface area contributed by atoms with Crippen LogP contribution in [0.2, 0.25) is 0 Å². The number of halogens is 1. The number of benzene rings is 1. The zero-order valence-corrected chi connectivity index (χ0v) is 9.73. The maximum atomic E-state index is 11.8. The first-order chi connectivity index (χ1) is 6.26. The monoisotopic (exact) mass is 229 g/mol. The van der Waals surface area contributed by atoms with Gasteiger partial charge in [-0.15, -0.1) is 0 Å². The van der Waals surface area contributed by atoms with E-state index in [1.807, 2.05) is 6.07 Å². The van der Waals surface area contributed by atoms with Gasteiger partial charge in [0.25, 0.3) is 0 Å². The van der Waals surface area contributed by atoms with Gasteiger partial charge in [-0.1, -0.05) is 12.1 Å². The molecule has 0 N–H and O–H groups in total. The predicted octanol–water partition coefficient (Wildman–Crippen LogP) is 2.29. The Bertz CT molecular complexity index is 427. The van der Waals surface area contributed by atoms with Gasteiger partial charge in [0.15, 0.2) is 0 Å². The van der Waals surface area contributed by atoms with Crippen LogP contribution in [0.15, 0.2) is 24.3 Å². The molecule has 0 radical (unpaired) electrons. The van der Waals surface area contributed by atoms with Crippen molar-refractivity contribution >= 4 is 19.0 Å². The Morgan fingerprint density at radius 1 is 1.36 bits per heavy atom. The molecule has 76 valence electrons. The minimum atomic E-state index is -3.01. The molecule has 1 aromatic carbocycles. The largest absolute Gasteiger partial charge is 0.268 e. The zero-order chi connectivity index (χ0) is 10.8. The summed E-state index contributed by atoms with van der Waals surface area (Å²) in [7, 11) is 2.87. The Morgan fingerprint density at radius 2 is 1.86 bits per heavy atom. The van der Waals surface area contributed by atoms with Gasteiger partial charge in [0.1, 0.15) is 0 Å². The van der Waals surface area contributed by atoms with Gasteiger partial charge in [0, 0.05) is 18.3 Å². The van der Waals surface area contributed by atoms with E-state index in [-0.39, 0.29) is 0 Å². The molecule has 0 heterocycles. The Morgan fingerprint density at radius 3 is 2.21 bits per heavy atom. The van der Waals surface area contributed by atoms with Gasteiger partial charge in [0.05, 0.1) is 11.6 Å². The molecule has 0 spiro atoms. The Kier molecular flexibility index (Phi) is 2.71. The second-order valence-corrected chi connectivity index (χ2v) is 10.9. The molecule has 0 aliphatic carbocycles. The minimum Gasteiger partial charge on any atom is -0.268 e. The summed E-state index contributed by atoms with van der Waals surface area (Å²) in [5.41, 5.74) is 1.49. The van der Waals surface area contributed by atoms with Crippen molar-refractivity contribution in [1.82, 2.24) is 0 Å². The van der Waals surface area contributed by atoms with Crippen LogP contribution in [0.1, 0.15) is 11.1 Å². The van der Waals surface area contributed by atoms with Crippen LogP contribution < -0.4 is 0 Å². The Balaban J connectivity index is 2.92. The first-order valence-corrected chi connectivity index (χ1v) is 7.85. The molecule has 0 saturated heterocycles. The SMILES string of the molecule is CS(C)(=O)(Cl)Cc1ccc(C#N)cc1. The molecule has 2 nitrogen and oxygen atoms in total. The molecule has 4 heteroatoms. The summed E-state index contributed by atoms with van der Waals surface area (Å²) in [5, 5.41) is 8.58. The Labute approximate surface area is 88.4 Å². The van der Waals surface area contributed by atoms with Crippen molar-refractivity contribution in [2.24, 2.45) is 0 Å². The molecule has 0 aliphatic heterocycles. The number of rotatable bonds is 2. The molecular weight excluding hydrogens is 218 g/mol. The summed E-state index contributed by atoms with van der Waals surface area (Å²) in [6, 6.07) is 8.98. The van der Waals surface area contributed by atoms with Gasteiger partial charge in [-0.05, 0) is 36.7 Å². The summed E-state index contributed by atoms with van der Waals surface area (Å²) in [6.07, 6.45) is 3.11. The summed E-state index contributed by atoms with van der Waals surface area (Å²) >= 11 is 0. The third kappa shape index (κ3) is 3.91. The molecule has 0 bridgehead atoms. The predicted molar refractivity (Wildman–Crippen MR) is 60.7 cm³/mol. The molecule has 0 amide bonds. The normalized spacial score (nSPS) is 14.0. The van der Waals surface area contributed by atoms with E-state index in [1.165, 1.54) is 0 Å². The number of nitriles is 1. The van der Waals surface area contributed by atoms with Crippen molar-refractivity contribution < 1.29 is 4.21 Å². The average Bonchev–Trinajstić information content (AvgIpc) is 2.01. The first-order valence-electron chi connectivity index (χ1n) is 4.07. The number of hydrogen-bond donors (Lipinski definition) is 0. The number of hydrogen-bond acceptors (Lipinski definition) is 2. The maximum absolute atomic E-state index is 11.8. The summed E-state index contributed by atoms with van der Waals surface area (Å²) in [5.74, 6) is 0.338. The van der Waals surface area contributed by atoms with E-state index in [0.29, 0.717) is 11.3 Å². The lowest BCUT2D eigenvalue weighted by atomic mass is 10.2. The molecule has 1 aromatic rings. The van der Waals surface area contributed by atoms with E-state index in [9.17, 15) is 4.21 Å². The van der Waals surface area contributed by atoms with Gasteiger partial charge in [-0.25, -0.2) is 0 Å². The highest BCUT2D eigenvalue weighted by Crippen LogP contribution is 2.28. The second-order valence-electron chi connectivity index (χ2n) is 3.87. The highest BCUT2D eigenvalue weighted by atomic mass is 35.7. The molecule has 0 atom stereocenters. The van der Waals surface area contributed by atoms with Crippen LogP contribution in [0.4, 0.5) is 0 Å². The molecule has 0 saturated carbocycles. The fourth-order valence-electron chi connectivity index (χ4n) is 1.14. The van der Waals surface area contributed by atoms with Crippen LogP contribution in [0.3, 0.4) is 0 Å². The average molecular weight is 230 g/mol. The van der Waals surface area contributed by atoms with Crippen LogP contribution in [0.5, 0.6) is 0 Å². The van der Waals surface area contributed by atoms with E-state index in [1.54, 1.807) is 36.8 Å². The van der Waals surface area contributed by atoms with Gasteiger partial charge in [-0.2, -0.15) is 5.26 Å². The van der Waals surface area contributed by atoms with Crippen LogP contribution in [0.25, 0.3) is 0 Å². The summed E-state index contributed by atoms with van der Waals surface area (Å²) in [4.78, 5) is 0. The van der Waals surface area contributed by atoms with E-state index >= 15 is 0 Å². The van der Waals surface area contributed by atoms with Crippen molar-refractivity contribution in [1.29, 1.82) is 5.26 Å². The summed E-state index contributed by atoms with van der Waals surface area (Å²) < 4.78 is 11.8. The van der Waals surface area contributed by atoms with Crippen molar-refractivity contribution in [3.63, 3.8) is 0 Å². The molecule has 0 aromatic heterocycles. The van der Waals surface area contributed by atoms with Gasteiger partial charge < -0.3 is 0 Å². The second kappa shape index (κ2) is 3.38. The van der Waals surface area contributed by atoms with Crippen LogP contribution in [-0.4, -0.2) is 16.7 Å². The molecule has 0 aliphatic rings. The number of nitrogens with zero attached hydrogens (tertiary/aromatic N) is 1. The molecule has 0 unspecified atom stereocenters. The first kappa shape index (κ1) is 11.2. The zero-order valence-electron chi connectivity index (χ0n) is 8.16. The fraction of sp³-hybridized carbons (Fsp3) is 0.300. The lowest BCUT2D eigenvalue weighted by molar-refractivity contribution is 0.674. The standard InChI is InChI=1S/C10H12ClNOS/c1-14(2,11,13)8-10-5-3-9(7-12)4-6-10/h3-6H,8H2,1-2H3. The molecule has 0 fully saturated rings. The van der Waals surface area contributed by atoms with E-state index in [4.69, 9.17) is 15.9 Å². The third-order valence-corrected chi connectivity index (χ3v) is 3.12. The lowest BCUT2D eigenvalue weighted by Crippen LogP contribution is -2.23. The van der Waals surface area contributed by atoms with E-state index < -0.39 is 8.28 Å². The van der Waals surface area contributed by atoms with Crippen molar-refractivity contribution in [3.8, 4) is 6.07 Å². The third-order valence-electron chi connectivity index (χ3n) is 1.65. The quantitative estimate of drug-likeness (QED) is 0.731. The molecule has 1 rings (SSSR count). The fourth-order valence-corrected chi connectivity index (χ4v) is 2.64. The van der Waals surface area contributed by atoms with Crippen LogP contribution in [-0.2, 0) is 14.0 Å². The van der Waals surface area contributed by atoms with Crippen molar-refractivity contribution in [2.75, 3.05) is 12.5 Å². The van der Waals surface area contributed by atoms with Crippen LogP contribution >= 0.6 is 10.7 Å². The van der Waals surface area contributed by atoms with Gasteiger partial charge >= 0.3 is 0 Å². The summed E-state index contributed by atoms with van der Waals surface area (Å²) in [6.45, 7) is 0. The maximum Gasteiger partial charge on any atom is 0.0991 e. The smallest absolute Gasteiger partial charge is 0.0991 e. The highest BCUT2D eigenvalue weighted by molar-refractivity contribution is 8.36. The van der Waals surface area contributed by atoms with E-state index in [0.717, 1.165) is 5.56 Å². The molecular formula is C10H12ClNOS. The minimum absolute atomic E-state index is 0.338. The molecule has 14 heavy (non-hydrogen) atoms. The van der Waals surface area contributed by atoms with Crippen molar-refractivity contribution in [2.45, 2.75) is 5.75 Å². The Hall–Kier alpha value is -0.850. The van der Waals surface area contributed by atoms with Crippen LogP contribution in [0, 0.1) is 11.3 Å². The van der Waals surface area contributed by atoms with E-state index in [2.05, 4.69) is 0 Å². The van der Waals surface area contributed by atoms with Crippen molar-refractivity contribution in [3.05, 3.63) is 35.4 Å². The van der Waals surface area contributed by atoms with Gasteiger partial charge in [-0.3, -0.25) is 4.21 Å². The van der Waals surface area contributed by atoms with Gasteiger partial charge in [0.2, 0.25) is 0 Å². The highest BCUT2D eigenvalue weighted by Gasteiger charge is 2.21. The lowest BCUT2D eigenvalue weighted by Gasteiger charge is -2.25. The topological polar surface area (TPSA) is 40.9 Å².